The van der Waals surface area contributed by atoms with Crippen LogP contribution in [0.15, 0.2) is 12.1 Å². The van der Waals surface area contributed by atoms with Crippen molar-refractivity contribution in [1.29, 1.82) is 5.26 Å². The number of methoxy groups -OCH3 is 1. The summed E-state index contributed by atoms with van der Waals surface area (Å²) in [6.07, 6.45) is 0. The van der Waals surface area contributed by atoms with Crippen molar-refractivity contribution in [3.8, 4) is 17.6 Å². The minimum atomic E-state index is -2.61. The first-order valence-electron chi connectivity index (χ1n) is 4.69. The smallest absolute Gasteiger partial charge is 0.233 e. The molecule has 0 spiro atoms. The lowest BCUT2D eigenvalue weighted by atomic mass is 10.1. The molecule has 0 saturated heterocycles. The minimum absolute atomic E-state index is 0.00449. The predicted molar refractivity (Wildman–Crippen MR) is 59.8 cm³/mol. The van der Waals surface area contributed by atoms with E-state index in [0.29, 0.717) is 0 Å². The van der Waals surface area contributed by atoms with Gasteiger partial charge in [-0.05, 0) is 13.0 Å². The van der Waals surface area contributed by atoms with Gasteiger partial charge in [0.05, 0.1) is 17.7 Å². The van der Waals surface area contributed by atoms with E-state index in [0.717, 1.165) is 6.92 Å². The van der Waals surface area contributed by atoms with E-state index in [-0.39, 0.29) is 28.7 Å². The zero-order valence-corrected chi connectivity index (χ0v) is 10.1. The molecule has 0 aliphatic carbocycles. The largest absolute Gasteiger partial charge is 0.495 e. The molecule has 1 aromatic carbocycles. The van der Waals surface area contributed by atoms with E-state index in [1.54, 1.807) is 6.07 Å². The second kappa shape index (κ2) is 5.21. The van der Waals surface area contributed by atoms with E-state index < -0.39 is 5.85 Å². The first kappa shape index (κ1) is 13.6. The van der Waals surface area contributed by atoms with Gasteiger partial charge >= 0.3 is 0 Å². The Kier molecular flexibility index (Phi) is 4.16. The number of ether oxygens (including phenoxy) is 2. The summed E-state index contributed by atoms with van der Waals surface area (Å²) in [6.45, 7) is 0.681. The Labute approximate surface area is 103 Å². The van der Waals surface area contributed by atoms with Gasteiger partial charge in [0.2, 0.25) is 5.85 Å². The van der Waals surface area contributed by atoms with Crippen molar-refractivity contribution in [2.45, 2.75) is 12.8 Å². The highest BCUT2D eigenvalue weighted by Gasteiger charge is 2.28. The molecule has 0 saturated carbocycles. The lowest BCUT2D eigenvalue weighted by Gasteiger charge is -2.19. The monoisotopic (exact) mass is 259 g/mol. The number of hydrogen-bond donors (Lipinski definition) is 1. The van der Waals surface area contributed by atoms with Gasteiger partial charge in [0, 0.05) is 6.07 Å². The van der Waals surface area contributed by atoms with Crippen LogP contribution in [-0.4, -0.2) is 18.8 Å². The molecule has 92 valence electrons. The van der Waals surface area contributed by atoms with Gasteiger partial charge in [0.1, 0.15) is 17.6 Å². The molecular formula is C11H11ClFNO3. The maximum Gasteiger partial charge on any atom is 0.233 e. The number of nitrogens with zero attached hydrogens (tertiary/aromatic N) is 1. The highest BCUT2D eigenvalue weighted by atomic mass is 35.5. The Morgan fingerprint density at radius 1 is 1.53 bits per heavy atom. The van der Waals surface area contributed by atoms with Gasteiger partial charge in [-0.3, -0.25) is 0 Å². The average molecular weight is 260 g/mol. The van der Waals surface area contributed by atoms with Crippen LogP contribution in [0.5, 0.6) is 11.5 Å². The quantitative estimate of drug-likeness (QED) is 0.902. The third-order valence-corrected chi connectivity index (χ3v) is 2.33. The summed E-state index contributed by atoms with van der Waals surface area (Å²) < 4.78 is 23.5. The third-order valence-electron chi connectivity index (χ3n) is 2.04. The first-order valence-corrected chi connectivity index (χ1v) is 5.07. The Bertz CT molecular complexity index is 451. The molecule has 1 unspecified atom stereocenters. The lowest BCUT2D eigenvalue weighted by molar-refractivity contribution is -0.0785. The standard InChI is InChI=1S/C11H11ClFNO3/c1-11(13,15)7-5-10(16-2)8(12)6-9(7)17-4-3-14/h5-6,15H,4H2,1-2H3. The predicted octanol–water partition coefficient (Wildman–Crippen LogP) is 2.39. The SMILES string of the molecule is COc1cc(C(C)(O)F)c(OCC#N)cc1Cl. The van der Waals surface area contributed by atoms with Gasteiger partial charge in [-0.1, -0.05) is 11.6 Å². The van der Waals surface area contributed by atoms with Gasteiger partial charge in [0.25, 0.3) is 0 Å². The Hall–Kier alpha value is -1.51. The Balaban J connectivity index is 3.27. The van der Waals surface area contributed by atoms with Crippen molar-refractivity contribution < 1.29 is 19.0 Å². The molecule has 4 nitrogen and oxygen atoms in total. The molecule has 0 radical (unpaired) electrons. The van der Waals surface area contributed by atoms with Crippen molar-refractivity contribution in [1.82, 2.24) is 0 Å². The molecule has 0 fully saturated rings. The van der Waals surface area contributed by atoms with Gasteiger partial charge in [-0.25, -0.2) is 4.39 Å². The molecule has 0 heterocycles. The first-order chi connectivity index (χ1) is 7.90. The molecule has 0 aromatic heterocycles. The van der Waals surface area contributed by atoms with Crippen molar-refractivity contribution in [2.75, 3.05) is 13.7 Å². The number of benzene rings is 1. The molecule has 1 N–H and O–H groups in total. The van der Waals surface area contributed by atoms with Crippen LogP contribution < -0.4 is 9.47 Å². The van der Waals surface area contributed by atoms with E-state index in [4.69, 9.17) is 26.3 Å². The van der Waals surface area contributed by atoms with Crippen molar-refractivity contribution >= 4 is 11.6 Å². The van der Waals surface area contributed by atoms with Gasteiger partial charge in [-0.2, -0.15) is 5.26 Å². The number of nitriles is 1. The summed E-state index contributed by atoms with van der Waals surface area (Å²) >= 11 is 5.84. The van der Waals surface area contributed by atoms with E-state index in [1.807, 2.05) is 0 Å². The topological polar surface area (TPSA) is 62.5 Å². The third kappa shape index (κ3) is 3.22. The van der Waals surface area contributed by atoms with Crippen LogP contribution in [0.3, 0.4) is 0 Å². The number of halogens is 2. The number of alkyl halides is 1. The highest BCUT2D eigenvalue weighted by Crippen LogP contribution is 2.38. The van der Waals surface area contributed by atoms with Crippen LogP contribution in [0.1, 0.15) is 12.5 Å². The van der Waals surface area contributed by atoms with Gasteiger partial charge in [-0.15, -0.1) is 0 Å². The second-order valence-electron chi connectivity index (χ2n) is 3.38. The summed E-state index contributed by atoms with van der Waals surface area (Å²) in [7, 11) is 1.37. The number of hydrogen-bond acceptors (Lipinski definition) is 4. The zero-order chi connectivity index (χ0) is 13.1. The summed E-state index contributed by atoms with van der Waals surface area (Å²) in [4.78, 5) is 0. The fourth-order valence-corrected chi connectivity index (χ4v) is 1.51. The second-order valence-corrected chi connectivity index (χ2v) is 3.79. The Morgan fingerprint density at radius 2 is 2.18 bits per heavy atom. The van der Waals surface area contributed by atoms with Gasteiger partial charge in [0.15, 0.2) is 6.61 Å². The summed E-state index contributed by atoms with van der Waals surface area (Å²) in [5, 5.41) is 18.0. The van der Waals surface area contributed by atoms with E-state index in [9.17, 15) is 9.50 Å². The molecule has 1 rings (SSSR count). The van der Waals surface area contributed by atoms with E-state index in [1.165, 1.54) is 19.2 Å². The minimum Gasteiger partial charge on any atom is -0.495 e. The molecule has 1 atom stereocenters. The van der Waals surface area contributed by atoms with Crippen LogP contribution in [0, 0.1) is 11.3 Å². The normalized spacial score (nSPS) is 13.6. The van der Waals surface area contributed by atoms with Crippen molar-refractivity contribution in [3.05, 3.63) is 22.7 Å². The lowest BCUT2D eigenvalue weighted by Crippen LogP contribution is -2.16. The zero-order valence-electron chi connectivity index (χ0n) is 9.33. The molecule has 1 aromatic rings. The molecular weight excluding hydrogens is 249 g/mol. The maximum absolute atomic E-state index is 13.6. The Morgan fingerprint density at radius 3 is 2.65 bits per heavy atom. The average Bonchev–Trinajstić information content (AvgIpc) is 2.24. The molecule has 17 heavy (non-hydrogen) atoms. The summed E-state index contributed by atoms with van der Waals surface area (Å²) in [5.74, 6) is -2.39. The summed E-state index contributed by atoms with van der Waals surface area (Å²) in [5.41, 5.74) is -0.144. The molecule has 0 aliphatic rings. The van der Waals surface area contributed by atoms with Crippen LogP contribution in [0.2, 0.25) is 5.02 Å². The van der Waals surface area contributed by atoms with E-state index in [2.05, 4.69) is 0 Å². The van der Waals surface area contributed by atoms with Crippen LogP contribution >= 0.6 is 11.6 Å². The highest BCUT2D eigenvalue weighted by molar-refractivity contribution is 6.32. The van der Waals surface area contributed by atoms with Crippen molar-refractivity contribution in [2.24, 2.45) is 0 Å². The maximum atomic E-state index is 13.6. The van der Waals surface area contributed by atoms with Crippen molar-refractivity contribution in [3.63, 3.8) is 0 Å². The summed E-state index contributed by atoms with van der Waals surface area (Å²) in [6, 6.07) is 4.27. The van der Waals surface area contributed by atoms with Crippen LogP contribution in [0.4, 0.5) is 4.39 Å². The number of rotatable bonds is 4. The molecule has 6 heteroatoms. The van der Waals surface area contributed by atoms with Gasteiger partial charge < -0.3 is 14.6 Å². The molecule has 0 bridgehead atoms. The molecule has 0 aliphatic heterocycles. The fourth-order valence-electron chi connectivity index (χ4n) is 1.28. The van der Waals surface area contributed by atoms with E-state index >= 15 is 0 Å². The van der Waals surface area contributed by atoms with Crippen LogP contribution in [-0.2, 0) is 5.85 Å². The molecule has 0 amide bonds. The van der Waals surface area contributed by atoms with Crippen LogP contribution in [0.25, 0.3) is 0 Å². The fraction of sp³-hybridized carbons (Fsp3) is 0.364. The number of aliphatic hydroxyl groups is 1.